The maximum absolute atomic E-state index is 12.9. The molecule has 2 aromatic carbocycles. The second kappa shape index (κ2) is 7.23. The van der Waals surface area contributed by atoms with Crippen molar-refractivity contribution in [3.63, 3.8) is 0 Å². The molecular formula is C18H15ClFN3O3. The normalized spacial score (nSPS) is 16.9. The van der Waals surface area contributed by atoms with Gasteiger partial charge in [0.05, 0.1) is 12.1 Å². The van der Waals surface area contributed by atoms with E-state index in [1.807, 2.05) is 0 Å². The monoisotopic (exact) mass is 375 g/mol. The van der Waals surface area contributed by atoms with Gasteiger partial charge >= 0.3 is 0 Å². The lowest BCUT2D eigenvalue weighted by Gasteiger charge is -2.18. The van der Waals surface area contributed by atoms with E-state index in [1.165, 1.54) is 12.1 Å². The number of amides is 3. The molecule has 3 amide bonds. The van der Waals surface area contributed by atoms with Gasteiger partial charge < -0.3 is 0 Å². The van der Waals surface area contributed by atoms with Gasteiger partial charge in [0.1, 0.15) is 11.9 Å². The molecule has 0 unspecified atom stereocenters. The minimum absolute atomic E-state index is 0.103. The van der Waals surface area contributed by atoms with Crippen molar-refractivity contribution >= 4 is 35.0 Å². The van der Waals surface area contributed by atoms with Crippen molar-refractivity contribution in [1.82, 2.24) is 10.9 Å². The van der Waals surface area contributed by atoms with Crippen molar-refractivity contribution in [2.75, 3.05) is 4.90 Å². The third-order valence-electron chi connectivity index (χ3n) is 4.09. The summed E-state index contributed by atoms with van der Waals surface area (Å²) in [6.45, 7) is 1.72. The molecule has 0 saturated carbocycles. The molecule has 134 valence electrons. The number of carbonyl (C=O) groups excluding carboxylic acids is 3. The molecule has 1 heterocycles. The highest BCUT2D eigenvalue weighted by atomic mass is 35.5. The zero-order chi connectivity index (χ0) is 18.8. The van der Waals surface area contributed by atoms with Gasteiger partial charge in [-0.3, -0.25) is 19.8 Å². The molecule has 2 N–H and O–H groups in total. The number of benzene rings is 2. The fourth-order valence-corrected chi connectivity index (χ4v) is 2.83. The number of rotatable bonds is 4. The predicted molar refractivity (Wildman–Crippen MR) is 94.1 cm³/mol. The summed E-state index contributed by atoms with van der Waals surface area (Å²) >= 11 is 6.06. The topological polar surface area (TPSA) is 78.5 Å². The highest BCUT2D eigenvalue weighted by Gasteiger charge is 2.40. The van der Waals surface area contributed by atoms with E-state index in [0.29, 0.717) is 16.3 Å². The maximum Gasteiger partial charge on any atom is 0.265 e. The number of carbonyl (C=O) groups is 3. The van der Waals surface area contributed by atoms with Gasteiger partial charge in [-0.2, -0.15) is 0 Å². The van der Waals surface area contributed by atoms with Gasteiger partial charge in [-0.15, -0.1) is 0 Å². The third kappa shape index (κ3) is 3.44. The summed E-state index contributed by atoms with van der Waals surface area (Å²) < 4.78 is 12.9. The Bertz CT molecular complexity index is 886. The van der Waals surface area contributed by atoms with Crippen molar-refractivity contribution in [1.29, 1.82) is 0 Å². The van der Waals surface area contributed by atoms with Gasteiger partial charge in [0, 0.05) is 10.6 Å². The van der Waals surface area contributed by atoms with Crippen LogP contribution in [-0.4, -0.2) is 23.8 Å². The molecule has 0 aromatic heterocycles. The molecule has 6 nitrogen and oxygen atoms in total. The first-order valence-corrected chi connectivity index (χ1v) is 8.19. The van der Waals surface area contributed by atoms with Crippen LogP contribution in [0.5, 0.6) is 0 Å². The van der Waals surface area contributed by atoms with Crippen LogP contribution in [0.1, 0.15) is 22.3 Å². The van der Waals surface area contributed by atoms with Crippen molar-refractivity contribution < 1.29 is 18.8 Å². The van der Waals surface area contributed by atoms with Crippen LogP contribution < -0.4 is 15.8 Å². The van der Waals surface area contributed by atoms with Gasteiger partial charge in [0.25, 0.3) is 11.8 Å². The van der Waals surface area contributed by atoms with Gasteiger partial charge in [-0.1, -0.05) is 17.7 Å². The summed E-state index contributed by atoms with van der Waals surface area (Å²) in [5, 5.41) is 0.448. The Labute approximate surface area is 153 Å². The zero-order valence-corrected chi connectivity index (χ0v) is 14.5. The quantitative estimate of drug-likeness (QED) is 0.635. The Kier molecular flexibility index (Phi) is 5.01. The Balaban J connectivity index is 1.70. The van der Waals surface area contributed by atoms with Gasteiger partial charge in [0.2, 0.25) is 5.91 Å². The van der Waals surface area contributed by atoms with Crippen LogP contribution >= 0.6 is 11.6 Å². The number of anilines is 1. The summed E-state index contributed by atoms with van der Waals surface area (Å²) in [6.07, 6.45) is -0.103. The number of imide groups is 1. The molecule has 1 saturated heterocycles. The summed E-state index contributed by atoms with van der Waals surface area (Å²) in [4.78, 5) is 37.9. The number of nitrogens with one attached hydrogen (secondary N) is 2. The summed E-state index contributed by atoms with van der Waals surface area (Å²) in [6, 6.07) is 9.00. The largest absolute Gasteiger partial charge is 0.287 e. The highest BCUT2D eigenvalue weighted by Crippen LogP contribution is 2.30. The van der Waals surface area contributed by atoms with Crippen LogP contribution in [0.25, 0.3) is 0 Å². The molecule has 1 aliphatic rings. The number of halogens is 2. The lowest BCUT2D eigenvalue weighted by atomic mass is 10.2. The first kappa shape index (κ1) is 18.0. The average Bonchev–Trinajstić information content (AvgIpc) is 2.90. The van der Waals surface area contributed by atoms with Gasteiger partial charge in [-0.25, -0.2) is 14.7 Å². The standard InChI is InChI=1S/C18H15ClFN3O3/c1-10-13(19)3-2-4-15(10)23-16(24)9-14(18(23)26)21-22-17(25)11-5-7-12(20)8-6-11/h2-8,14,21H,9H2,1H3,(H,22,25)/t14-/m0/s1. The molecule has 1 fully saturated rings. The van der Waals surface area contributed by atoms with Crippen LogP contribution in [0.4, 0.5) is 10.1 Å². The highest BCUT2D eigenvalue weighted by molar-refractivity contribution is 6.32. The zero-order valence-electron chi connectivity index (χ0n) is 13.8. The molecule has 0 spiro atoms. The smallest absolute Gasteiger partial charge is 0.265 e. The molecule has 1 aliphatic heterocycles. The van der Waals surface area contributed by atoms with Crippen molar-refractivity contribution in [2.45, 2.75) is 19.4 Å². The van der Waals surface area contributed by atoms with E-state index in [0.717, 1.165) is 17.0 Å². The van der Waals surface area contributed by atoms with Crippen LogP contribution in [0.15, 0.2) is 42.5 Å². The summed E-state index contributed by atoms with van der Waals surface area (Å²) in [5.41, 5.74) is 6.20. The first-order valence-electron chi connectivity index (χ1n) is 7.82. The average molecular weight is 376 g/mol. The molecular weight excluding hydrogens is 361 g/mol. The molecule has 0 radical (unpaired) electrons. The van der Waals surface area contributed by atoms with Gasteiger partial charge in [-0.05, 0) is 48.9 Å². The Morgan fingerprint density at radius 3 is 2.58 bits per heavy atom. The second-order valence-electron chi connectivity index (χ2n) is 5.81. The molecule has 26 heavy (non-hydrogen) atoms. The van der Waals surface area contributed by atoms with E-state index < -0.39 is 29.6 Å². The molecule has 8 heteroatoms. The SMILES string of the molecule is Cc1c(Cl)cccc1N1C(=O)C[C@H](NNC(=O)c2ccc(F)cc2)C1=O. The molecule has 3 rings (SSSR count). The van der Waals surface area contributed by atoms with Gasteiger partial charge in [0.15, 0.2) is 0 Å². The fourth-order valence-electron chi connectivity index (χ4n) is 2.66. The number of hydrazine groups is 1. The van der Waals surface area contributed by atoms with E-state index in [-0.39, 0.29) is 12.0 Å². The Morgan fingerprint density at radius 2 is 1.88 bits per heavy atom. The fraction of sp³-hybridized carbons (Fsp3) is 0.167. The van der Waals surface area contributed by atoms with Crippen molar-refractivity contribution in [3.8, 4) is 0 Å². The molecule has 1 atom stereocenters. The summed E-state index contributed by atoms with van der Waals surface area (Å²) in [5.74, 6) is -1.88. The number of hydrogen-bond acceptors (Lipinski definition) is 4. The minimum atomic E-state index is -0.898. The Morgan fingerprint density at radius 1 is 1.19 bits per heavy atom. The Hall–Kier alpha value is -2.77. The lowest BCUT2D eigenvalue weighted by Crippen LogP contribution is -2.48. The van der Waals surface area contributed by atoms with E-state index >= 15 is 0 Å². The summed E-state index contributed by atoms with van der Waals surface area (Å²) in [7, 11) is 0. The molecule has 0 aliphatic carbocycles. The molecule has 0 bridgehead atoms. The van der Waals surface area contributed by atoms with Crippen LogP contribution in [0.2, 0.25) is 5.02 Å². The predicted octanol–water partition coefficient (Wildman–Crippen LogP) is 2.35. The number of hydrogen-bond donors (Lipinski definition) is 2. The van der Waals surface area contributed by atoms with E-state index in [4.69, 9.17) is 11.6 Å². The first-order chi connectivity index (χ1) is 12.4. The van der Waals surface area contributed by atoms with Crippen LogP contribution in [0, 0.1) is 12.7 Å². The van der Waals surface area contributed by atoms with E-state index in [9.17, 15) is 18.8 Å². The lowest BCUT2D eigenvalue weighted by molar-refractivity contribution is -0.121. The van der Waals surface area contributed by atoms with Crippen molar-refractivity contribution in [2.24, 2.45) is 0 Å². The van der Waals surface area contributed by atoms with Crippen molar-refractivity contribution in [3.05, 3.63) is 64.4 Å². The molecule has 2 aromatic rings. The second-order valence-corrected chi connectivity index (χ2v) is 6.22. The van der Waals surface area contributed by atoms with E-state index in [2.05, 4.69) is 10.9 Å². The van der Waals surface area contributed by atoms with Crippen LogP contribution in [-0.2, 0) is 9.59 Å². The van der Waals surface area contributed by atoms with Crippen LogP contribution in [0.3, 0.4) is 0 Å². The third-order valence-corrected chi connectivity index (χ3v) is 4.50. The van der Waals surface area contributed by atoms with E-state index in [1.54, 1.807) is 25.1 Å². The maximum atomic E-state index is 12.9. The number of nitrogens with zero attached hydrogens (tertiary/aromatic N) is 1. The minimum Gasteiger partial charge on any atom is -0.287 e.